The molecule has 2 saturated heterocycles. The summed E-state index contributed by atoms with van der Waals surface area (Å²) >= 11 is 0. The third-order valence-electron chi connectivity index (χ3n) is 6.11. The van der Waals surface area contributed by atoms with Gasteiger partial charge in [-0.3, -0.25) is 9.78 Å². The molecule has 1 aromatic heterocycles. The van der Waals surface area contributed by atoms with Crippen molar-refractivity contribution in [2.75, 3.05) is 26.2 Å². The van der Waals surface area contributed by atoms with Crippen LogP contribution in [0.2, 0.25) is 0 Å². The van der Waals surface area contributed by atoms with Gasteiger partial charge in [-0.2, -0.15) is 4.31 Å². The van der Waals surface area contributed by atoms with Gasteiger partial charge < -0.3 is 9.64 Å². The zero-order chi connectivity index (χ0) is 22.6. The Morgan fingerprint density at radius 2 is 1.91 bits per heavy atom. The smallest absolute Gasteiger partial charge is 0.243 e. The molecule has 0 N–H and O–H groups in total. The van der Waals surface area contributed by atoms with Gasteiger partial charge in [0.25, 0.3) is 0 Å². The maximum Gasteiger partial charge on any atom is 0.243 e. The van der Waals surface area contributed by atoms with E-state index in [0.717, 1.165) is 37.1 Å². The maximum atomic E-state index is 13.4. The van der Waals surface area contributed by atoms with Crippen LogP contribution >= 0.6 is 0 Å². The first kappa shape index (κ1) is 22.8. The molecule has 4 rings (SSSR count). The highest BCUT2D eigenvalue weighted by atomic mass is 32.2. The number of rotatable bonds is 7. The Balaban J connectivity index is 1.41. The Morgan fingerprint density at radius 3 is 2.53 bits per heavy atom. The fourth-order valence-electron chi connectivity index (χ4n) is 4.34. The molecule has 2 aliphatic rings. The summed E-state index contributed by atoms with van der Waals surface area (Å²) < 4.78 is 46.0. The molecule has 0 bridgehead atoms. The number of sulfonamides is 1. The van der Waals surface area contributed by atoms with E-state index < -0.39 is 15.8 Å². The number of carbonyl (C=O) groups is 1. The third kappa shape index (κ3) is 5.33. The molecule has 2 fully saturated rings. The lowest BCUT2D eigenvalue weighted by atomic mass is 9.96. The number of hydrogen-bond acceptors (Lipinski definition) is 5. The van der Waals surface area contributed by atoms with Crippen molar-refractivity contribution in [3.8, 4) is 0 Å². The van der Waals surface area contributed by atoms with Crippen molar-refractivity contribution in [1.82, 2.24) is 14.2 Å². The van der Waals surface area contributed by atoms with Crippen LogP contribution in [0.5, 0.6) is 0 Å². The minimum absolute atomic E-state index is 0.0307. The van der Waals surface area contributed by atoms with E-state index in [4.69, 9.17) is 4.74 Å². The second-order valence-electron chi connectivity index (χ2n) is 8.35. The predicted octanol–water partition coefficient (Wildman–Crippen LogP) is 2.83. The minimum atomic E-state index is -3.70. The Bertz CT molecular complexity index is 1000. The summed E-state index contributed by atoms with van der Waals surface area (Å²) in [4.78, 5) is 19.4. The van der Waals surface area contributed by atoms with Crippen LogP contribution in [0.3, 0.4) is 0 Å². The fourth-order valence-corrected chi connectivity index (χ4v) is 5.81. The van der Waals surface area contributed by atoms with Crippen molar-refractivity contribution in [2.24, 2.45) is 5.92 Å². The number of hydrogen-bond donors (Lipinski definition) is 0. The number of piperidine rings is 1. The van der Waals surface area contributed by atoms with Crippen LogP contribution < -0.4 is 0 Å². The highest BCUT2D eigenvalue weighted by Gasteiger charge is 2.34. The van der Waals surface area contributed by atoms with E-state index in [0.29, 0.717) is 25.9 Å². The molecule has 1 unspecified atom stereocenters. The summed E-state index contributed by atoms with van der Waals surface area (Å²) in [5.74, 6) is -0.691. The first-order valence-electron chi connectivity index (χ1n) is 11.0. The number of halogens is 1. The standard InChI is InChI=1S/C23H28FN3O4S/c24-20-5-7-22(8-6-20)32(29,30)27-12-9-19(10-13-27)23(28)26(17-21-4-2-14-31-21)16-18-3-1-11-25-15-18/h1,3,5-8,11,15,19,21H,2,4,9-10,12-14,16-17H2. The number of nitrogens with zero attached hydrogens (tertiary/aromatic N) is 3. The molecule has 3 heterocycles. The van der Waals surface area contributed by atoms with E-state index in [9.17, 15) is 17.6 Å². The number of carbonyl (C=O) groups excluding carboxylic acids is 1. The van der Waals surface area contributed by atoms with E-state index in [1.807, 2.05) is 17.0 Å². The van der Waals surface area contributed by atoms with E-state index in [-0.39, 0.29) is 35.9 Å². The van der Waals surface area contributed by atoms with Crippen molar-refractivity contribution in [3.05, 3.63) is 60.2 Å². The van der Waals surface area contributed by atoms with Gasteiger partial charge in [0.2, 0.25) is 15.9 Å². The lowest BCUT2D eigenvalue weighted by Gasteiger charge is -2.34. The summed E-state index contributed by atoms with van der Waals surface area (Å²) in [5, 5.41) is 0. The van der Waals surface area contributed by atoms with E-state index in [1.54, 1.807) is 12.4 Å². The average Bonchev–Trinajstić information content (AvgIpc) is 3.32. The maximum absolute atomic E-state index is 13.4. The quantitative estimate of drug-likeness (QED) is 0.634. The van der Waals surface area contributed by atoms with Gasteiger partial charge in [0.1, 0.15) is 5.82 Å². The fraction of sp³-hybridized carbons (Fsp3) is 0.478. The lowest BCUT2D eigenvalue weighted by molar-refractivity contribution is -0.139. The summed E-state index contributed by atoms with van der Waals surface area (Å²) in [7, 11) is -3.70. The Hall–Kier alpha value is -2.36. The molecule has 1 atom stereocenters. The van der Waals surface area contributed by atoms with Gasteiger partial charge in [-0.25, -0.2) is 12.8 Å². The topological polar surface area (TPSA) is 79.8 Å². The van der Waals surface area contributed by atoms with Gasteiger partial charge in [-0.15, -0.1) is 0 Å². The Kier molecular flexibility index (Phi) is 7.17. The number of pyridine rings is 1. The third-order valence-corrected chi connectivity index (χ3v) is 8.02. The van der Waals surface area contributed by atoms with Gasteiger partial charge in [0, 0.05) is 51.1 Å². The highest BCUT2D eigenvalue weighted by Crippen LogP contribution is 2.26. The Morgan fingerprint density at radius 1 is 1.16 bits per heavy atom. The first-order chi connectivity index (χ1) is 15.4. The van der Waals surface area contributed by atoms with Crippen molar-refractivity contribution in [2.45, 2.75) is 43.2 Å². The van der Waals surface area contributed by atoms with Crippen LogP contribution in [0.15, 0.2) is 53.7 Å². The van der Waals surface area contributed by atoms with Crippen LogP contribution in [0.1, 0.15) is 31.2 Å². The second kappa shape index (κ2) is 10.1. The van der Waals surface area contributed by atoms with Gasteiger partial charge in [-0.05, 0) is 61.6 Å². The zero-order valence-electron chi connectivity index (χ0n) is 17.9. The summed E-state index contributed by atoms with van der Waals surface area (Å²) in [6.07, 6.45) is 6.34. The van der Waals surface area contributed by atoms with Crippen molar-refractivity contribution < 1.29 is 22.3 Å². The summed E-state index contributed by atoms with van der Waals surface area (Å²) in [6.45, 7) is 2.23. The predicted molar refractivity (Wildman–Crippen MR) is 117 cm³/mol. The normalized spacial score (nSPS) is 20.3. The molecule has 1 aromatic carbocycles. The molecule has 0 saturated carbocycles. The lowest BCUT2D eigenvalue weighted by Crippen LogP contribution is -2.45. The van der Waals surface area contributed by atoms with Crippen molar-refractivity contribution in [3.63, 3.8) is 0 Å². The zero-order valence-corrected chi connectivity index (χ0v) is 18.7. The van der Waals surface area contributed by atoms with Crippen LogP contribution in [0, 0.1) is 11.7 Å². The molecule has 0 aliphatic carbocycles. The molecule has 32 heavy (non-hydrogen) atoms. The molecule has 0 spiro atoms. The van der Waals surface area contributed by atoms with E-state index in [2.05, 4.69) is 4.98 Å². The van der Waals surface area contributed by atoms with Crippen LogP contribution in [0.4, 0.5) is 4.39 Å². The summed E-state index contributed by atoms with van der Waals surface area (Å²) in [6, 6.07) is 8.64. The molecule has 9 heteroatoms. The van der Waals surface area contributed by atoms with Crippen LogP contribution in [-0.2, 0) is 26.1 Å². The van der Waals surface area contributed by atoms with Crippen molar-refractivity contribution >= 4 is 15.9 Å². The Labute approximate surface area is 188 Å². The molecular weight excluding hydrogens is 433 g/mol. The molecular formula is C23H28FN3O4S. The molecule has 0 radical (unpaired) electrons. The number of benzene rings is 1. The monoisotopic (exact) mass is 461 g/mol. The molecule has 172 valence electrons. The summed E-state index contributed by atoms with van der Waals surface area (Å²) in [5.41, 5.74) is 0.954. The largest absolute Gasteiger partial charge is 0.376 e. The molecule has 1 amide bonds. The highest BCUT2D eigenvalue weighted by molar-refractivity contribution is 7.89. The first-order valence-corrected chi connectivity index (χ1v) is 12.4. The van der Waals surface area contributed by atoms with Crippen LogP contribution in [-0.4, -0.2) is 60.9 Å². The molecule has 2 aliphatic heterocycles. The van der Waals surface area contributed by atoms with E-state index >= 15 is 0 Å². The van der Waals surface area contributed by atoms with Gasteiger partial charge in [0.05, 0.1) is 11.0 Å². The average molecular weight is 462 g/mol. The minimum Gasteiger partial charge on any atom is -0.376 e. The number of amides is 1. The van der Waals surface area contributed by atoms with Gasteiger partial charge >= 0.3 is 0 Å². The van der Waals surface area contributed by atoms with Crippen LogP contribution in [0.25, 0.3) is 0 Å². The van der Waals surface area contributed by atoms with Gasteiger partial charge in [0.15, 0.2) is 0 Å². The number of aromatic nitrogens is 1. The number of ether oxygens (including phenoxy) is 1. The van der Waals surface area contributed by atoms with Crippen molar-refractivity contribution in [1.29, 1.82) is 0 Å². The molecule has 2 aromatic rings. The van der Waals surface area contributed by atoms with Gasteiger partial charge in [-0.1, -0.05) is 6.07 Å². The second-order valence-corrected chi connectivity index (χ2v) is 10.3. The van der Waals surface area contributed by atoms with E-state index in [1.165, 1.54) is 16.4 Å². The SMILES string of the molecule is O=C(C1CCN(S(=O)(=O)c2ccc(F)cc2)CC1)N(Cc1cccnc1)CC1CCCO1. The molecule has 7 nitrogen and oxygen atoms in total.